The minimum Gasteiger partial charge on any atom is -0.439 e. The molecular weight excluding hydrogens is 542 g/mol. The Labute approximate surface area is 224 Å². The van der Waals surface area contributed by atoms with Crippen LogP contribution in [0.1, 0.15) is 33.9 Å². The van der Waals surface area contributed by atoms with Gasteiger partial charge >= 0.3 is 18.4 Å². The fourth-order valence-electron chi connectivity index (χ4n) is 3.68. The van der Waals surface area contributed by atoms with Crippen molar-refractivity contribution < 1.29 is 35.9 Å². The van der Waals surface area contributed by atoms with Crippen LogP contribution < -0.4 is 15.4 Å². The summed E-state index contributed by atoms with van der Waals surface area (Å²) in [7, 11) is 0. The average Bonchev–Trinajstić information content (AvgIpc) is 3.11. The Balaban J connectivity index is 1.46. The Bertz CT molecular complexity index is 1530. The fraction of sp³-hybridized carbons (Fsp3) is 0.231. The van der Waals surface area contributed by atoms with Crippen LogP contribution in [0.25, 0.3) is 5.82 Å². The normalized spacial score (nSPS) is 11.8. The van der Waals surface area contributed by atoms with Gasteiger partial charge in [0.1, 0.15) is 11.6 Å². The summed E-state index contributed by atoms with van der Waals surface area (Å²) >= 11 is 0. The molecule has 14 heteroatoms. The number of hydrogen-bond donors (Lipinski definition) is 2. The first-order chi connectivity index (χ1) is 18.6. The lowest BCUT2D eigenvalue weighted by atomic mass is 10.1. The van der Waals surface area contributed by atoms with E-state index in [0.717, 1.165) is 17.0 Å². The molecule has 8 nitrogen and oxygen atoms in total. The van der Waals surface area contributed by atoms with Gasteiger partial charge < -0.3 is 15.4 Å². The van der Waals surface area contributed by atoms with Crippen LogP contribution >= 0.6 is 0 Å². The first-order valence-electron chi connectivity index (χ1n) is 11.6. The molecular formula is C26H22F6N6O2. The van der Waals surface area contributed by atoms with E-state index < -0.39 is 35.2 Å². The number of carbonyl (C=O) groups excluding carboxylic acids is 1. The summed E-state index contributed by atoms with van der Waals surface area (Å²) in [6.45, 7) is 7.45. The highest BCUT2D eigenvalue weighted by Crippen LogP contribution is 2.37. The van der Waals surface area contributed by atoms with E-state index in [1.54, 1.807) is 17.7 Å². The number of ether oxygens (including phenoxy) is 1. The smallest absolute Gasteiger partial charge is 0.416 e. The van der Waals surface area contributed by atoms with Crippen LogP contribution in [0.4, 0.5) is 42.5 Å². The van der Waals surface area contributed by atoms with Crippen molar-refractivity contribution in [2.45, 2.75) is 40.0 Å². The highest BCUT2D eigenvalue weighted by molar-refractivity contribution is 5.99. The van der Waals surface area contributed by atoms with E-state index in [4.69, 9.17) is 4.74 Å². The number of aryl methyl sites for hydroxylation is 2. The average molecular weight is 564 g/mol. The SMILES string of the molecule is Cc1nc(Oc2ccc(NC(=O)Nc3cc(C(F)(F)F)cc(C(F)(F)F)c3)cc2)cc(-n2nc(C)c(C)c2C)n1. The molecule has 2 heterocycles. The molecule has 0 spiro atoms. The van der Waals surface area contributed by atoms with Gasteiger partial charge in [-0.25, -0.2) is 14.5 Å². The van der Waals surface area contributed by atoms with Gasteiger partial charge in [-0.3, -0.25) is 0 Å². The molecule has 2 aromatic heterocycles. The number of nitrogens with one attached hydrogen (secondary N) is 2. The molecule has 2 aromatic carbocycles. The molecule has 0 aliphatic heterocycles. The van der Waals surface area contributed by atoms with Crippen molar-refractivity contribution in [2.24, 2.45) is 0 Å². The number of benzene rings is 2. The molecule has 4 aromatic rings. The monoisotopic (exact) mass is 564 g/mol. The molecule has 0 aliphatic rings. The highest BCUT2D eigenvalue weighted by atomic mass is 19.4. The molecule has 210 valence electrons. The number of urea groups is 1. The number of alkyl halides is 6. The van der Waals surface area contributed by atoms with E-state index in [2.05, 4.69) is 20.4 Å². The van der Waals surface area contributed by atoms with Crippen molar-refractivity contribution in [2.75, 3.05) is 10.6 Å². The van der Waals surface area contributed by atoms with Crippen molar-refractivity contribution >= 4 is 17.4 Å². The second-order valence-corrected chi connectivity index (χ2v) is 8.82. The number of halogens is 6. The Kier molecular flexibility index (Phi) is 7.46. The zero-order valence-corrected chi connectivity index (χ0v) is 21.5. The van der Waals surface area contributed by atoms with Gasteiger partial charge in [-0.15, -0.1) is 0 Å². The van der Waals surface area contributed by atoms with Gasteiger partial charge in [0.05, 0.1) is 16.8 Å². The van der Waals surface area contributed by atoms with Crippen LogP contribution in [0.3, 0.4) is 0 Å². The van der Waals surface area contributed by atoms with Crippen LogP contribution in [0.5, 0.6) is 11.6 Å². The first kappa shape index (κ1) is 28.4. The van der Waals surface area contributed by atoms with Crippen LogP contribution in [-0.2, 0) is 12.4 Å². The molecule has 2 N–H and O–H groups in total. The standard InChI is InChI=1S/C26H22F6N6O2/c1-13-14(2)37-38(15(13)3)22-12-23(34-16(4)33-22)40-21-7-5-19(6-8-21)35-24(39)36-20-10-17(25(27,28)29)9-18(11-20)26(30,31)32/h5-12H,1-4H3,(H2,35,36,39). The van der Waals surface area contributed by atoms with Crippen LogP contribution in [0.15, 0.2) is 48.5 Å². The van der Waals surface area contributed by atoms with Gasteiger partial charge in [-0.05, 0) is 75.7 Å². The summed E-state index contributed by atoms with van der Waals surface area (Å²) in [5.74, 6) is 1.52. The molecule has 0 aliphatic carbocycles. The lowest BCUT2D eigenvalue weighted by molar-refractivity contribution is -0.143. The molecule has 0 bridgehead atoms. The summed E-state index contributed by atoms with van der Waals surface area (Å²) in [6, 6.07) is 7.21. The molecule has 4 rings (SSSR count). The molecule has 40 heavy (non-hydrogen) atoms. The number of amides is 2. The third kappa shape index (κ3) is 6.50. The number of anilines is 2. The largest absolute Gasteiger partial charge is 0.439 e. The number of aromatic nitrogens is 4. The zero-order valence-electron chi connectivity index (χ0n) is 21.5. The second kappa shape index (κ2) is 10.5. The van der Waals surface area contributed by atoms with Gasteiger partial charge in [0, 0.05) is 23.1 Å². The lowest BCUT2D eigenvalue weighted by Gasteiger charge is -2.15. The zero-order chi connectivity index (χ0) is 29.4. The van der Waals surface area contributed by atoms with E-state index in [0.29, 0.717) is 29.5 Å². The predicted octanol–water partition coefficient (Wildman–Crippen LogP) is 7.37. The topological polar surface area (TPSA) is 94.0 Å². The minimum atomic E-state index is -5.04. The number of hydrogen-bond acceptors (Lipinski definition) is 5. The number of carbonyl (C=O) groups is 1. The van der Waals surface area contributed by atoms with Gasteiger partial charge in [0.25, 0.3) is 0 Å². The lowest BCUT2D eigenvalue weighted by Crippen LogP contribution is -2.20. The van der Waals surface area contributed by atoms with Gasteiger partial charge in [-0.1, -0.05) is 0 Å². The van der Waals surface area contributed by atoms with Gasteiger partial charge in [0.15, 0.2) is 5.82 Å². The second-order valence-electron chi connectivity index (χ2n) is 8.82. The highest BCUT2D eigenvalue weighted by Gasteiger charge is 2.37. The van der Waals surface area contributed by atoms with E-state index in [1.807, 2.05) is 26.1 Å². The van der Waals surface area contributed by atoms with Crippen molar-refractivity contribution in [1.82, 2.24) is 19.7 Å². The van der Waals surface area contributed by atoms with Crippen molar-refractivity contribution in [3.05, 3.63) is 82.4 Å². The third-order valence-corrected chi connectivity index (χ3v) is 5.85. The minimum absolute atomic E-state index is 0.0256. The summed E-state index contributed by atoms with van der Waals surface area (Å²) in [4.78, 5) is 21.0. The van der Waals surface area contributed by atoms with E-state index in [-0.39, 0.29) is 17.6 Å². The van der Waals surface area contributed by atoms with Crippen molar-refractivity contribution in [3.63, 3.8) is 0 Å². The summed E-state index contributed by atoms with van der Waals surface area (Å²) in [5, 5.41) is 8.83. The molecule has 0 saturated heterocycles. The van der Waals surface area contributed by atoms with Gasteiger partial charge in [-0.2, -0.15) is 36.4 Å². The molecule has 0 radical (unpaired) electrons. The van der Waals surface area contributed by atoms with Crippen LogP contribution in [0, 0.1) is 27.7 Å². The van der Waals surface area contributed by atoms with Crippen LogP contribution in [-0.4, -0.2) is 25.8 Å². The van der Waals surface area contributed by atoms with E-state index in [9.17, 15) is 31.1 Å². The maximum absolute atomic E-state index is 13.1. The summed E-state index contributed by atoms with van der Waals surface area (Å²) in [6.07, 6.45) is -10.1. The Morgan fingerprint density at radius 1 is 0.800 bits per heavy atom. The maximum atomic E-state index is 13.1. The van der Waals surface area contributed by atoms with E-state index >= 15 is 0 Å². The Hall–Kier alpha value is -4.62. The molecule has 0 fully saturated rings. The quantitative estimate of drug-likeness (QED) is 0.247. The molecule has 0 atom stereocenters. The number of nitrogens with zero attached hydrogens (tertiary/aromatic N) is 4. The van der Waals surface area contributed by atoms with Crippen molar-refractivity contribution in [1.29, 1.82) is 0 Å². The molecule has 0 saturated carbocycles. The fourth-order valence-corrected chi connectivity index (χ4v) is 3.68. The number of rotatable bonds is 5. The van der Waals surface area contributed by atoms with Crippen LogP contribution in [0.2, 0.25) is 0 Å². The predicted molar refractivity (Wildman–Crippen MR) is 134 cm³/mol. The summed E-state index contributed by atoms with van der Waals surface area (Å²) < 4.78 is 85.8. The van der Waals surface area contributed by atoms with E-state index in [1.165, 1.54) is 24.3 Å². The van der Waals surface area contributed by atoms with Gasteiger partial charge in [0.2, 0.25) is 5.88 Å². The Morgan fingerprint density at radius 2 is 1.38 bits per heavy atom. The third-order valence-electron chi connectivity index (χ3n) is 5.85. The summed E-state index contributed by atoms with van der Waals surface area (Å²) in [5.41, 5.74) is -0.768. The molecule has 2 amide bonds. The first-order valence-corrected chi connectivity index (χ1v) is 11.6. The molecule has 0 unspecified atom stereocenters. The van der Waals surface area contributed by atoms with Crippen molar-refractivity contribution in [3.8, 4) is 17.4 Å². The Morgan fingerprint density at radius 3 is 1.90 bits per heavy atom. The maximum Gasteiger partial charge on any atom is 0.416 e.